The Morgan fingerprint density at radius 1 is 1.20 bits per heavy atom. The van der Waals surface area contributed by atoms with Crippen molar-refractivity contribution in [3.63, 3.8) is 0 Å². The molecule has 20 heavy (non-hydrogen) atoms. The first kappa shape index (κ1) is 14.3. The first-order valence-corrected chi connectivity index (χ1v) is 7.12. The van der Waals surface area contributed by atoms with E-state index in [4.69, 9.17) is 10.2 Å². The second-order valence-corrected chi connectivity index (χ2v) is 5.56. The van der Waals surface area contributed by atoms with E-state index in [-0.39, 0.29) is 5.01 Å². The molecule has 0 saturated heterocycles. The lowest BCUT2D eigenvalue weighted by Gasteiger charge is -1.95. The summed E-state index contributed by atoms with van der Waals surface area (Å²) in [5.74, 6) is -3.17. The van der Waals surface area contributed by atoms with Crippen LogP contribution in [0.25, 0.3) is 0 Å². The van der Waals surface area contributed by atoms with Crippen molar-refractivity contribution in [2.24, 2.45) is 0 Å². The number of nitrogens with zero attached hydrogens (tertiary/aromatic N) is 1. The highest BCUT2D eigenvalue weighted by Gasteiger charge is 2.13. The Labute approximate surface area is 122 Å². The third-order valence-electron chi connectivity index (χ3n) is 2.15. The van der Waals surface area contributed by atoms with Crippen LogP contribution < -0.4 is 0 Å². The molecule has 0 atom stereocenters. The predicted molar refractivity (Wildman–Crippen MR) is 75.4 cm³/mol. The minimum Gasteiger partial charge on any atom is -0.502 e. The molecule has 1 aromatic carbocycles. The average Bonchev–Trinajstić information content (AvgIpc) is 2.88. The van der Waals surface area contributed by atoms with Crippen molar-refractivity contribution in [3.8, 4) is 0 Å². The van der Waals surface area contributed by atoms with Gasteiger partial charge in [0.1, 0.15) is 5.03 Å². The smallest absolute Gasteiger partial charge is 0.371 e. The molecule has 2 rings (SSSR count). The number of rotatable bonds is 5. The van der Waals surface area contributed by atoms with E-state index >= 15 is 0 Å². The Kier molecular flexibility index (Phi) is 4.54. The second-order valence-electron chi connectivity index (χ2n) is 3.60. The zero-order chi connectivity index (χ0) is 14.5. The van der Waals surface area contributed by atoms with Crippen LogP contribution in [-0.4, -0.2) is 26.9 Å². The number of benzene rings is 1. The lowest BCUT2D eigenvalue weighted by atomic mass is 10.3. The Balaban J connectivity index is 2.11. The average molecular weight is 307 g/mol. The van der Waals surface area contributed by atoms with Gasteiger partial charge in [-0.15, -0.1) is 11.3 Å². The maximum absolute atomic E-state index is 11.7. The highest BCUT2D eigenvalue weighted by Crippen LogP contribution is 2.28. The third-order valence-corrected chi connectivity index (χ3v) is 4.08. The fourth-order valence-electron chi connectivity index (χ4n) is 1.28. The summed E-state index contributed by atoms with van der Waals surface area (Å²) >= 11 is 2.50. The normalized spacial score (nSPS) is 11.3. The standard InChI is InChI=1S/C13H9NO4S2/c15-9(6-10(16)13(17)18)12-14-11(7-19-12)20-8-4-2-1-3-5-8/h1-7,16H,(H,17,18). The number of carbonyl (C=O) groups excluding carboxylic acids is 1. The van der Waals surface area contributed by atoms with Crippen molar-refractivity contribution in [1.82, 2.24) is 4.98 Å². The molecule has 2 aromatic rings. The number of carboxylic acid groups (broad SMARTS) is 1. The van der Waals surface area contributed by atoms with Crippen LogP contribution in [0.3, 0.4) is 0 Å². The lowest BCUT2D eigenvalue weighted by molar-refractivity contribution is -0.135. The lowest BCUT2D eigenvalue weighted by Crippen LogP contribution is -2.03. The van der Waals surface area contributed by atoms with Gasteiger partial charge in [0.15, 0.2) is 5.01 Å². The monoisotopic (exact) mass is 307 g/mol. The van der Waals surface area contributed by atoms with Gasteiger partial charge < -0.3 is 10.2 Å². The van der Waals surface area contributed by atoms with Crippen LogP contribution in [0, 0.1) is 0 Å². The van der Waals surface area contributed by atoms with Gasteiger partial charge in [0.05, 0.1) is 0 Å². The van der Waals surface area contributed by atoms with Crippen LogP contribution in [0.5, 0.6) is 0 Å². The van der Waals surface area contributed by atoms with E-state index in [1.807, 2.05) is 30.3 Å². The Hall–Kier alpha value is -2.12. The van der Waals surface area contributed by atoms with Crippen LogP contribution in [-0.2, 0) is 4.79 Å². The summed E-state index contributed by atoms with van der Waals surface area (Å²) in [7, 11) is 0. The number of carbonyl (C=O) groups is 2. The van der Waals surface area contributed by atoms with Crippen LogP contribution in [0.1, 0.15) is 9.80 Å². The van der Waals surface area contributed by atoms with Crippen molar-refractivity contribution in [2.45, 2.75) is 9.92 Å². The Bertz CT molecular complexity index is 664. The number of ketones is 1. The van der Waals surface area contributed by atoms with Crippen molar-refractivity contribution >= 4 is 34.9 Å². The third kappa shape index (κ3) is 3.69. The summed E-state index contributed by atoms with van der Waals surface area (Å²) in [6.07, 6.45) is 0.651. The van der Waals surface area contributed by atoms with Gasteiger partial charge in [0.25, 0.3) is 0 Å². The molecule has 1 heterocycles. The highest BCUT2D eigenvalue weighted by molar-refractivity contribution is 7.99. The van der Waals surface area contributed by atoms with Crippen LogP contribution in [0.4, 0.5) is 0 Å². The molecule has 0 aliphatic rings. The van der Waals surface area contributed by atoms with Crippen LogP contribution in [0.15, 0.2) is 57.5 Å². The zero-order valence-electron chi connectivity index (χ0n) is 10.0. The molecule has 0 radical (unpaired) electrons. The topological polar surface area (TPSA) is 87.5 Å². The molecule has 7 heteroatoms. The Morgan fingerprint density at radius 2 is 1.90 bits per heavy atom. The fraction of sp³-hybridized carbons (Fsp3) is 0. The molecular formula is C13H9NO4S2. The number of aliphatic hydroxyl groups is 1. The number of allylic oxidation sites excluding steroid dienone is 1. The zero-order valence-corrected chi connectivity index (χ0v) is 11.6. The number of thiazole rings is 1. The van der Waals surface area contributed by atoms with Crippen molar-refractivity contribution in [3.05, 3.63) is 52.6 Å². The summed E-state index contributed by atoms with van der Waals surface area (Å²) in [6.45, 7) is 0. The minimum atomic E-state index is -1.55. The van der Waals surface area contributed by atoms with Crippen LogP contribution in [0.2, 0.25) is 0 Å². The molecule has 1 aromatic heterocycles. The predicted octanol–water partition coefficient (Wildman–Crippen LogP) is 3.00. The molecule has 0 unspecified atom stereocenters. The molecule has 0 spiro atoms. The molecule has 2 N–H and O–H groups in total. The van der Waals surface area contributed by atoms with E-state index in [1.165, 1.54) is 11.8 Å². The van der Waals surface area contributed by atoms with E-state index < -0.39 is 17.5 Å². The van der Waals surface area contributed by atoms with Crippen molar-refractivity contribution in [2.75, 3.05) is 0 Å². The first-order chi connectivity index (χ1) is 9.56. The van der Waals surface area contributed by atoms with E-state index in [0.717, 1.165) is 16.2 Å². The number of aliphatic hydroxyl groups excluding tert-OH is 1. The molecule has 0 fully saturated rings. The molecule has 0 bridgehead atoms. The minimum absolute atomic E-state index is 0.135. The number of carboxylic acids is 1. The summed E-state index contributed by atoms with van der Waals surface area (Å²) in [4.78, 5) is 27.2. The van der Waals surface area contributed by atoms with Gasteiger partial charge in [0, 0.05) is 16.4 Å². The number of hydrogen-bond acceptors (Lipinski definition) is 6. The van der Waals surface area contributed by atoms with E-state index in [1.54, 1.807) is 5.38 Å². The van der Waals surface area contributed by atoms with Gasteiger partial charge in [-0.1, -0.05) is 30.0 Å². The summed E-state index contributed by atoms with van der Waals surface area (Å²) in [6, 6.07) is 9.53. The molecule has 5 nitrogen and oxygen atoms in total. The van der Waals surface area contributed by atoms with Crippen LogP contribution >= 0.6 is 23.1 Å². The van der Waals surface area contributed by atoms with E-state index in [2.05, 4.69) is 4.98 Å². The number of aliphatic carboxylic acids is 1. The van der Waals surface area contributed by atoms with Gasteiger partial charge in [0.2, 0.25) is 11.5 Å². The highest BCUT2D eigenvalue weighted by atomic mass is 32.2. The summed E-state index contributed by atoms with van der Waals surface area (Å²) < 4.78 is 0. The second kappa shape index (κ2) is 6.36. The first-order valence-electron chi connectivity index (χ1n) is 5.43. The van der Waals surface area contributed by atoms with Crippen molar-refractivity contribution < 1.29 is 19.8 Å². The van der Waals surface area contributed by atoms with Gasteiger partial charge in [-0.2, -0.15) is 0 Å². The molecule has 0 aliphatic heterocycles. The fourth-order valence-corrected chi connectivity index (χ4v) is 2.93. The number of hydrogen-bond donors (Lipinski definition) is 2. The van der Waals surface area contributed by atoms with E-state index in [0.29, 0.717) is 11.1 Å². The van der Waals surface area contributed by atoms with Gasteiger partial charge in [-0.05, 0) is 12.1 Å². The summed E-state index contributed by atoms with van der Waals surface area (Å²) in [5, 5.41) is 20.0. The maximum atomic E-state index is 11.7. The molecule has 0 aliphatic carbocycles. The Morgan fingerprint density at radius 3 is 2.55 bits per heavy atom. The molecule has 0 amide bonds. The summed E-state index contributed by atoms with van der Waals surface area (Å²) in [5.41, 5.74) is 0. The molecule has 0 saturated carbocycles. The van der Waals surface area contributed by atoms with Crippen molar-refractivity contribution in [1.29, 1.82) is 0 Å². The molecular weight excluding hydrogens is 298 g/mol. The maximum Gasteiger partial charge on any atom is 0.371 e. The van der Waals surface area contributed by atoms with Gasteiger partial charge in [-0.25, -0.2) is 9.78 Å². The SMILES string of the molecule is O=C(O)C(O)=CC(=O)c1nc(Sc2ccccc2)cs1. The van der Waals surface area contributed by atoms with E-state index in [9.17, 15) is 9.59 Å². The van der Waals surface area contributed by atoms with Gasteiger partial charge in [-0.3, -0.25) is 4.79 Å². The molecule has 102 valence electrons. The quantitative estimate of drug-likeness (QED) is 0.501. The number of aromatic nitrogens is 1. The largest absolute Gasteiger partial charge is 0.502 e. The van der Waals surface area contributed by atoms with Gasteiger partial charge >= 0.3 is 5.97 Å².